The molecule has 0 aliphatic carbocycles. The van der Waals surface area contributed by atoms with Crippen LogP contribution in [0, 0.1) is 0 Å². The van der Waals surface area contributed by atoms with E-state index < -0.39 is 23.4 Å². The van der Waals surface area contributed by atoms with E-state index in [9.17, 15) is 18.0 Å². The minimum atomic E-state index is -4.58. The molecule has 0 unspecified atom stereocenters. The quantitative estimate of drug-likeness (QED) is 0.862. The number of fused-ring (bicyclic) bond motifs is 1. The number of hydrogen-bond donors (Lipinski definition) is 1. The Bertz CT molecular complexity index is 732. The molecule has 1 heterocycles. The van der Waals surface area contributed by atoms with E-state index in [-0.39, 0.29) is 28.7 Å². The first kappa shape index (κ1) is 17.2. The number of amides is 1. The van der Waals surface area contributed by atoms with Gasteiger partial charge in [0.2, 0.25) is 0 Å². The van der Waals surface area contributed by atoms with Crippen molar-refractivity contribution < 1.29 is 27.1 Å². The molecule has 0 bridgehead atoms. The number of carbonyl (C=O) groups is 1. The molecule has 2 rings (SSSR count). The second-order valence-electron chi connectivity index (χ2n) is 6.05. The Hall–Kier alpha value is -2.12. The van der Waals surface area contributed by atoms with Gasteiger partial charge in [-0.2, -0.15) is 13.2 Å². The molecule has 122 valence electrons. The first-order valence-electron chi connectivity index (χ1n) is 6.82. The van der Waals surface area contributed by atoms with Crippen molar-refractivity contribution in [1.82, 2.24) is 5.32 Å². The number of benzene rings is 1. The number of ether oxygens (including phenoxy) is 1. The summed E-state index contributed by atoms with van der Waals surface area (Å²) in [7, 11) is 5.49. The highest BCUT2D eigenvalue weighted by Crippen LogP contribution is 2.35. The van der Waals surface area contributed by atoms with Gasteiger partial charge in [-0.05, 0) is 26.8 Å². The minimum absolute atomic E-state index is 0.0164. The predicted molar refractivity (Wildman–Crippen MR) is 79.7 cm³/mol. The molecule has 0 saturated heterocycles. The smallest absolute Gasteiger partial charge is 0.419 e. The summed E-state index contributed by atoms with van der Waals surface area (Å²) in [6.45, 7) is 5.01. The second kappa shape index (κ2) is 5.83. The standard InChI is InChI=1S/C15H15BF3NO3/c1-14(2,3)23-13(21)20-7-10-5-8-4-9(16)6-11(12(8)22-10)15(17,18)19/h4-6H,7H2,1-3H3,(H,20,21). The third-order valence-corrected chi connectivity index (χ3v) is 2.80. The van der Waals surface area contributed by atoms with Gasteiger partial charge in [0.25, 0.3) is 0 Å². The van der Waals surface area contributed by atoms with Crippen molar-refractivity contribution in [2.24, 2.45) is 0 Å². The van der Waals surface area contributed by atoms with Gasteiger partial charge in [0, 0.05) is 5.39 Å². The molecule has 1 aromatic carbocycles. The fourth-order valence-corrected chi connectivity index (χ4v) is 2.00. The van der Waals surface area contributed by atoms with Crippen LogP contribution in [0.3, 0.4) is 0 Å². The Kier molecular flexibility index (Phi) is 4.37. The molecule has 2 aromatic rings. The third kappa shape index (κ3) is 4.43. The van der Waals surface area contributed by atoms with Crippen LogP contribution in [0.5, 0.6) is 0 Å². The Morgan fingerprint density at radius 2 is 1.91 bits per heavy atom. The van der Waals surface area contributed by atoms with Crippen LogP contribution in [0.4, 0.5) is 18.0 Å². The van der Waals surface area contributed by atoms with Crippen LogP contribution in [-0.4, -0.2) is 19.5 Å². The lowest BCUT2D eigenvalue weighted by molar-refractivity contribution is -0.136. The maximum absolute atomic E-state index is 13.0. The van der Waals surface area contributed by atoms with Crippen LogP contribution in [0.1, 0.15) is 32.1 Å². The lowest BCUT2D eigenvalue weighted by atomic mass is 9.92. The van der Waals surface area contributed by atoms with Crippen molar-refractivity contribution in [3.05, 3.63) is 29.5 Å². The topological polar surface area (TPSA) is 51.5 Å². The van der Waals surface area contributed by atoms with Crippen molar-refractivity contribution in [3.63, 3.8) is 0 Å². The number of alkyl carbamates (subject to hydrolysis) is 1. The summed E-state index contributed by atoms with van der Waals surface area (Å²) < 4.78 is 49.3. The number of carbonyl (C=O) groups excluding carboxylic acids is 1. The molecule has 0 atom stereocenters. The zero-order chi connectivity index (χ0) is 17.4. The van der Waals surface area contributed by atoms with Crippen molar-refractivity contribution in [3.8, 4) is 0 Å². The fraction of sp³-hybridized carbons (Fsp3) is 0.400. The predicted octanol–water partition coefficient (Wildman–Crippen LogP) is 3.27. The van der Waals surface area contributed by atoms with Crippen molar-refractivity contribution in [1.29, 1.82) is 0 Å². The van der Waals surface area contributed by atoms with Gasteiger partial charge < -0.3 is 14.5 Å². The molecule has 0 aliphatic rings. The van der Waals surface area contributed by atoms with Gasteiger partial charge in [-0.25, -0.2) is 4.79 Å². The Balaban J connectivity index is 2.22. The summed E-state index contributed by atoms with van der Waals surface area (Å²) in [5.41, 5.74) is -1.95. The van der Waals surface area contributed by atoms with Gasteiger partial charge in [-0.1, -0.05) is 17.6 Å². The van der Waals surface area contributed by atoms with E-state index in [0.717, 1.165) is 6.07 Å². The van der Waals surface area contributed by atoms with E-state index in [0.29, 0.717) is 0 Å². The fourth-order valence-electron chi connectivity index (χ4n) is 2.00. The van der Waals surface area contributed by atoms with Gasteiger partial charge in [-0.15, -0.1) is 0 Å². The largest absolute Gasteiger partial charge is 0.459 e. The molecule has 1 aromatic heterocycles. The Morgan fingerprint density at radius 3 is 2.48 bits per heavy atom. The zero-order valence-corrected chi connectivity index (χ0v) is 12.9. The lowest BCUT2D eigenvalue weighted by Crippen LogP contribution is -2.32. The van der Waals surface area contributed by atoms with Gasteiger partial charge in [0.1, 0.15) is 24.8 Å². The van der Waals surface area contributed by atoms with Crippen LogP contribution in [0.25, 0.3) is 11.0 Å². The zero-order valence-electron chi connectivity index (χ0n) is 12.9. The number of alkyl halides is 3. The summed E-state index contributed by atoms with van der Waals surface area (Å²) in [4.78, 5) is 11.6. The van der Waals surface area contributed by atoms with Crippen LogP contribution >= 0.6 is 0 Å². The summed E-state index contributed by atoms with van der Waals surface area (Å²) in [6, 6.07) is 3.60. The molecule has 0 spiro atoms. The van der Waals surface area contributed by atoms with Crippen molar-refractivity contribution in [2.45, 2.75) is 39.1 Å². The number of hydrogen-bond acceptors (Lipinski definition) is 3. The molecule has 4 nitrogen and oxygen atoms in total. The summed E-state index contributed by atoms with van der Waals surface area (Å²) in [5, 5.41) is 2.64. The normalized spacial score (nSPS) is 12.4. The average Bonchev–Trinajstić information content (AvgIpc) is 2.74. The molecule has 1 amide bonds. The van der Waals surface area contributed by atoms with Crippen LogP contribution in [-0.2, 0) is 17.5 Å². The summed E-state index contributed by atoms with van der Waals surface area (Å²) >= 11 is 0. The van der Waals surface area contributed by atoms with Gasteiger partial charge in [-0.3, -0.25) is 0 Å². The highest BCUT2D eigenvalue weighted by Gasteiger charge is 2.34. The number of nitrogens with one attached hydrogen (secondary N) is 1. The van der Waals surface area contributed by atoms with Crippen LogP contribution in [0.15, 0.2) is 22.6 Å². The van der Waals surface area contributed by atoms with E-state index in [2.05, 4.69) is 5.32 Å². The van der Waals surface area contributed by atoms with E-state index in [1.165, 1.54) is 12.1 Å². The average molecular weight is 325 g/mol. The highest BCUT2D eigenvalue weighted by molar-refractivity contribution is 6.33. The first-order valence-corrected chi connectivity index (χ1v) is 6.82. The lowest BCUT2D eigenvalue weighted by Gasteiger charge is -2.19. The molecule has 1 N–H and O–H groups in total. The first-order chi connectivity index (χ1) is 10.5. The molecular formula is C15H15BF3NO3. The van der Waals surface area contributed by atoms with Crippen molar-refractivity contribution >= 4 is 30.4 Å². The monoisotopic (exact) mass is 325 g/mol. The Labute approximate surface area is 132 Å². The second-order valence-corrected chi connectivity index (χ2v) is 6.05. The highest BCUT2D eigenvalue weighted by atomic mass is 19.4. The Morgan fingerprint density at radius 1 is 1.26 bits per heavy atom. The van der Waals surface area contributed by atoms with E-state index in [1.807, 2.05) is 0 Å². The van der Waals surface area contributed by atoms with E-state index in [1.54, 1.807) is 20.8 Å². The maximum Gasteiger partial charge on any atom is 0.419 e. The SMILES string of the molecule is [B]c1cc(C(F)(F)F)c2oc(CNC(=O)OC(C)(C)C)cc2c1. The molecule has 23 heavy (non-hydrogen) atoms. The molecule has 0 saturated carbocycles. The molecule has 0 aliphatic heterocycles. The van der Waals surface area contributed by atoms with Crippen LogP contribution < -0.4 is 10.8 Å². The molecule has 0 fully saturated rings. The van der Waals surface area contributed by atoms with Gasteiger partial charge in [0.15, 0.2) is 0 Å². The number of halogens is 3. The number of furan rings is 1. The van der Waals surface area contributed by atoms with E-state index >= 15 is 0 Å². The molecular weight excluding hydrogens is 310 g/mol. The third-order valence-electron chi connectivity index (χ3n) is 2.80. The van der Waals surface area contributed by atoms with Gasteiger partial charge >= 0.3 is 12.3 Å². The van der Waals surface area contributed by atoms with Gasteiger partial charge in [0.05, 0.1) is 12.1 Å². The van der Waals surface area contributed by atoms with Crippen molar-refractivity contribution in [2.75, 3.05) is 0 Å². The summed E-state index contributed by atoms with van der Waals surface area (Å²) in [5.74, 6) is 0.168. The molecule has 2 radical (unpaired) electrons. The van der Waals surface area contributed by atoms with Crippen LogP contribution in [0.2, 0.25) is 0 Å². The molecule has 8 heteroatoms. The summed E-state index contributed by atoms with van der Waals surface area (Å²) in [6.07, 6.45) is -5.27. The van der Waals surface area contributed by atoms with E-state index in [4.69, 9.17) is 17.0 Å². The number of rotatable bonds is 2. The maximum atomic E-state index is 13.0. The minimum Gasteiger partial charge on any atom is -0.459 e.